The van der Waals surface area contributed by atoms with Gasteiger partial charge in [-0.1, -0.05) is 6.07 Å². The predicted octanol–water partition coefficient (Wildman–Crippen LogP) is 0.899. The lowest BCUT2D eigenvalue weighted by Gasteiger charge is -2.08. The highest BCUT2D eigenvalue weighted by atomic mass is 32.1. The molecule has 0 spiro atoms. The van der Waals surface area contributed by atoms with E-state index in [1.54, 1.807) is 13.3 Å². The molecule has 14 heavy (non-hydrogen) atoms. The molecule has 74 valence electrons. The fourth-order valence-electron chi connectivity index (χ4n) is 0.839. The van der Waals surface area contributed by atoms with E-state index in [0.717, 1.165) is 11.4 Å². The maximum atomic E-state index is 5.35. The van der Waals surface area contributed by atoms with E-state index >= 15 is 0 Å². The Balaban J connectivity index is 2.73. The third-order valence-corrected chi connectivity index (χ3v) is 1.86. The van der Waals surface area contributed by atoms with E-state index in [9.17, 15) is 0 Å². The molecule has 0 aliphatic rings. The zero-order valence-corrected chi connectivity index (χ0v) is 8.95. The van der Waals surface area contributed by atoms with Crippen molar-refractivity contribution in [3.8, 4) is 0 Å². The lowest BCUT2D eigenvalue weighted by atomic mass is 10.3. The highest BCUT2D eigenvalue weighted by molar-refractivity contribution is 7.80. The number of hydrogen-bond acceptors (Lipinski definition) is 3. The fourth-order valence-corrected chi connectivity index (χ4v) is 0.886. The molecule has 0 atom stereocenters. The molecule has 1 heterocycles. The molecule has 0 aliphatic carbocycles. The monoisotopic (exact) mass is 208 g/mol. The molecule has 0 amide bonds. The lowest BCUT2D eigenvalue weighted by Crippen LogP contribution is -2.27. The number of pyridine rings is 1. The summed E-state index contributed by atoms with van der Waals surface area (Å²) in [5, 5.41) is 5.66. The van der Waals surface area contributed by atoms with Crippen LogP contribution in [0.3, 0.4) is 0 Å². The Morgan fingerprint density at radius 3 is 2.93 bits per heavy atom. The molecule has 0 bridgehead atoms. The van der Waals surface area contributed by atoms with Gasteiger partial charge in [0.05, 0.1) is 11.9 Å². The van der Waals surface area contributed by atoms with Crippen molar-refractivity contribution >= 4 is 23.5 Å². The van der Waals surface area contributed by atoms with Crippen molar-refractivity contribution in [2.24, 2.45) is 10.8 Å². The normalized spacial score (nSPS) is 10.4. The highest BCUT2D eigenvalue weighted by Gasteiger charge is 1.94. The Kier molecular flexibility index (Phi) is 3.53. The summed E-state index contributed by atoms with van der Waals surface area (Å²) in [7, 11) is 1.69. The quantitative estimate of drug-likeness (QED) is 0.446. The van der Waals surface area contributed by atoms with Crippen molar-refractivity contribution in [3.05, 3.63) is 29.6 Å². The van der Waals surface area contributed by atoms with Crippen molar-refractivity contribution in [1.82, 2.24) is 9.99 Å². The van der Waals surface area contributed by atoms with Gasteiger partial charge in [0.25, 0.3) is 0 Å². The number of nitrogens with zero attached hydrogens (tertiary/aromatic N) is 3. The van der Waals surface area contributed by atoms with Gasteiger partial charge in [-0.2, -0.15) is 5.10 Å². The van der Waals surface area contributed by atoms with Crippen molar-refractivity contribution in [2.75, 3.05) is 7.05 Å². The SMILES string of the molecule is Cc1cccc(/C=N/N(C)C(N)=S)n1. The Hall–Kier alpha value is -1.49. The lowest BCUT2D eigenvalue weighted by molar-refractivity contribution is 0.552. The first kappa shape index (κ1) is 10.6. The summed E-state index contributed by atoms with van der Waals surface area (Å²) in [6.07, 6.45) is 1.62. The van der Waals surface area contributed by atoms with E-state index in [-0.39, 0.29) is 5.11 Å². The average Bonchev–Trinajstić information content (AvgIpc) is 2.14. The molecule has 0 fully saturated rings. The van der Waals surface area contributed by atoms with Crippen molar-refractivity contribution in [3.63, 3.8) is 0 Å². The van der Waals surface area contributed by atoms with E-state index < -0.39 is 0 Å². The molecule has 0 saturated carbocycles. The minimum Gasteiger partial charge on any atom is -0.375 e. The Morgan fingerprint density at radius 2 is 2.36 bits per heavy atom. The van der Waals surface area contributed by atoms with Gasteiger partial charge in [0.2, 0.25) is 0 Å². The molecule has 5 heteroatoms. The van der Waals surface area contributed by atoms with Gasteiger partial charge in [-0.3, -0.25) is 4.98 Å². The molecule has 0 radical (unpaired) electrons. The summed E-state index contributed by atoms with van der Waals surface area (Å²) < 4.78 is 0. The van der Waals surface area contributed by atoms with Crippen LogP contribution in [0.25, 0.3) is 0 Å². The fraction of sp³-hybridized carbons (Fsp3) is 0.222. The Morgan fingerprint density at radius 1 is 1.64 bits per heavy atom. The van der Waals surface area contributed by atoms with Crippen molar-refractivity contribution in [1.29, 1.82) is 0 Å². The molecule has 0 saturated heterocycles. The zero-order valence-electron chi connectivity index (χ0n) is 8.14. The van der Waals surface area contributed by atoms with Crippen LogP contribution >= 0.6 is 12.2 Å². The minimum absolute atomic E-state index is 0.230. The molecule has 1 rings (SSSR count). The molecular formula is C9H12N4S. The first-order valence-corrected chi connectivity index (χ1v) is 4.51. The van der Waals surface area contributed by atoms with E-state index in [4.69, 9.17) is 18.0 Å². The summed E-state index contributed by atoms with van der Waals surface area (Å²) in [5.41, 5.74) is 7.09. The first-order valence-electron chi connectivity index (χ1n) is 4.10. The van der Waals surface area contributed by atoms with Crippen LogP contribution < -0.4 is 5.73 Å². The summed E-state index contributed by atoms with van der Waals surface area (Å²) in [5.74, 6) is 0. The Bertz CT molecular complexity index is 362. The molecule has 4 nitrogen and oxygen atoms in total. The van der Waals surface area contributed by atoms with E-state index in [0.29, 0.717) is 0 Å². The molecular weight excluding hydrogens is 196 g/mol. The van der Waals surface area contributed by atoms with Gasteiger partial charge >= 0.3 is 0 Å². The summed E-state index contributed by atoms with van der Waals surface area (Å²) in [6.45, 7) is 1.93. The van der Waals surface area contributed by atoms with E-state index in [2.05, 4.69) is 10.1 Å². The number of aryl methyl sites for hydroxylation is 1. The number of nitrogens with two attached hydrogens (primary N) is 1. The number of rotatable bonds is 2. The summed E-state index contributed by atoms with van der Waals surface area (Å²) in [6, 6.07) is 5.71. The summed E-state index contributed by atoms with van der Waals surface area (Å²) in [4.78, 5) is 4.24. The van der Waals surface area contributed by atoms with Gasteiger partial charge in [0, 0.05) is 12.7 Å². The van der Waals surface area contributed by atoms with Crippen LogP contribution in [0.4, 0.5) is 0 Å². The van der Waals surface area contributed by atoms with Crippen LogP contribution in [0.5, 0.6) is 0 Å². The van der Waals surface area contributed by atoms with Gasteiger partial charge in [-0.25, -0.2) is 5.01 Å². The number of thiocarbonyl (C=S) groups is 1. The zero-order chi connectivity index (χ0) is 10.6. The van der Waals surface area contributed by atoms with Crippen LogP contribution in [-0.2, 0) is 0 Å². The second kappa shape index (κ2) is 4.66. The third-order valence-electron chi connectivity index (χ3n) is 1.59. The molecule has 2 N–H and O–H groups in total. The van der Waals surface area contributed by atoms with Gasteiger partial charge in [0.15, 0.2) is 5.11 Å². The maximum absolute atomic E-state index is 5.35. The van der Waals surface area contributed by atoms with Crippen LogP contribution in [0, 0.1) is 6.92 Å². The largest absolute Gasteiger partial charge is 0.375 e. The molecule has 0 aliphatic heterocycles. The number of hydrazone groups is 1. The smallest absolute Gasteiger partial charge is 0.186 e. The number of hydrogen-bond donors (Lipinski definition) is 1. The third kappa shape index (κ3) is 3.10. The van der Waals surface area contributed by atoms with Gasteiger partial charge in [0.1, 0.15) is 0 Å². The van der Waals surface area contributed by atoms with Gasteiger partial charge in [-0.05, 0) is 31.3 Å². The van der Waals surface area contributed by atoms with Crippen LogP contribution in [0.15, 0.2) is 23.3 Å². The van der Waals surface area contributed by atoms with Crippen molar-refractivity contribution in [2.45, 2.75) is 6.92 Å². The second-order valence-electron chi connectivity index (χ2n) is 2.81. The minimum atomic E-state index is 0.230. The van der Waals surface area contributed by atoms with Gasteiger partial charge < -0.3 is 5.73 Å². The standard InChI is InChI=1S/C9H12N4S/c1-7-4-3-5-8(12-7)6-11-13(2)9(10)14/h3-6H,1-2H3,(H2,10,14)/b11-6+. The average molecular weight is 208 g/mol. The van der Waals surface area contributed by atoms with E-state index in [1.165, 1.54) is 5.01 Å². The molecule has 1 aromatic heterocycles. The molecule has 1 aromatic rings. The Labute approximate surface area is 88.4 Å². The molecule has 0 unspecified atom stereocenters. The van der Waals surface area contributed by atoms with Crippen LogP contribution in [0.1, 0.15) is 11.4 Å². The van der Waals surface area contributed by atoms with Crippen LogP contribution in [0.2, 0.25) is 0 Å². The summed E-state index contributed by atoms with van der Waals surface area (Å²) >= 11 is 4.73. The van der Waals surface area contributed by atoms with E-state index in [1.807, 2.05) is 25.1 Å². The topological polar surface area (TPSA) is 54.5 Å². The van der Waals surface area contributed by atoms with Gasteiger partial charge in [-0.15, -0.1) is 0 Å². The van der Waals surface area contributed by atoms with Crippen LogP contribution in [-0.4, -0.2) is 28.4 Å². The van der Waals surface area contributed by atoms with Crippen molar-refractivity contribution < 1.29 is 0 Å². The first-order chi connectivity index (χ1) is 6.59. The highest BCUT2D eigenvalue weighted by Crippen LogP contribution is 1.95. The molecule has 0 aromatic carbocycles. The number of aromatic nitrogens is 1. The predicted molar refractivity (Wildman–Crippen MR) is 61.1 cm³/mol. The maximum Gasteiger partial charge on any atom is 0.186 e. The second-order valence-corrected chi connectivity index (χ2v) is 3.23.